The molecule has 0 aromatic rings. The fourth-order valence-corrected chi connectivity index (χ4v) is 7.99. The monoisotopic (exact) mass is 403 g/mol. The van der Waals surface area contributed by atoms with E-state index in [0.29, 0.717) is 18.8 Å². The van der Waals surface area contributed by atoms with E-state index in [1.165, 1.54) is 0 Å². The van der Waals surface area contributed by atoms with Gasteiger partial charge in [-0.2, -0.15) is 0 Å². The van der Waals surface area contributed by atoms with Crippen molar-refractivity contribution in [3.63, 3.8) is 0 Å². The smallest absolute Gasteiger partial charge is 0.207 e. The SMILES string of the molecule is COC1=C2O[C@H]3[C@@]4(CCC5(O)[C@H]6CC(C=C1)C2[C@@]35CCN6C)O[C@H](C)C[C@H](C)O4. The zero-order valence-corrected chi connectivity index (χ0v) is 17.9. The summed E-state index contributed by atoms with van der Waals surface area (Å²) in [7, 11) is 3.86. The van der Waals surface area contributed by atoms with Crippen LogP contribution in [0.2, 0.25) is 0 Å². The van der Waals surface area contributed by atoms with E-state index in [0.717, 1.165) is 37.3 Å². The molecule has 0 aromatic heterocycles. The maximum Gasteiger partial charge on any atom is 0.207 e. The number of fused-ring (bicyclic) bond motifs is 1. The molecule has 2 bridgehead atoms. The molecule has 2 spiro atoms. The first-order chi connectivity index (χ1) is 13.8. The van der Waals surface area contributed by atoms with Crippen LogP contribution in [0.25, 0.3) is 0 Å². The number of likely N-dealkylation sites (tertiary alicyclic amines) is 1. The molecule has 6 nitrogen and oxygen atoms in total. The number of likely N-dealkylation sites (N-methyl/N-ethyl adjacent to an activating group) is 1. The Kier molecular flexibility index (Phi) is 3.72. The van der Waals surface area contributed by atoms with Gasteiger partial charge >= 0.3 is 0 Å². The van der Waals surface area contributed by atoms with Crippen molar-refractivity contribution in [2.24, 2.45) is 17.3 Å². The molecule has 3 unspecified atom stereocenters. The minimum atomic E-state index is -0.806. The highest BCUT2D eigenvalue weighted by Gasteiger charge is 2.80. The third-order valence-corrected chi connectivity index (χ3v) is 8.92. The molecule has 3 aliphatic heterocycles. The molecule has 9 atom stereocenters. The summed E-state index contributed by atoms with van der Waals surface area (Å²) in [6.07, 6.45) is 8.32. The average molecular weight is 404 g/mol. The summed E-state index contributed by atoms with van der Waals surface area (Å²) in [4.78, 5) is 2.37. The highest BCUT2D eigenvalue weighted by molar-refractivity contribution is 5.39. The summed E-state index contributed by atoms with van der Waals surface area (Å²) in [5.41, 5.74) is -1.22. The van der Waals surface area contributed by atoms with Gasteiger partial charge in [-0.05, 0) is 65.1 Å². The largest absolute Gasteiger partial charge is 0.493 e. The van der Waals surface area contributed by atoms with Crippen molar-refractivity contribution in [3.05, 3.63) is 23.7 Å². The van der Waals surface area contributed by atoms with Crippen LogP contribution in [0, 0.1) is 17.3 Å². The molecule has 5 fully saturated rings. The maximum absolute atomic E-state index is 12.4. The molecule has 2 saturated carbocycles. The lowest BCUT2D eigenvalue weighted by atomic mass is 9.43. The molecular weight excluding hydrogens is 370 g/mol. The van der Waals surface area contributed by atoms with Gasteiger partial charge in [-0.25, -0.2) is 0 Å². The summed E-state index contributed by atoms with van der Waals surface area (Å²) < 4.78 is 25.7. The first-order valence-corrected chi connectivity index (χ1v) is 11.3. The fraction of sp³-hybridized carbons (Fsp3) is 0.826. The van der Waals surface area contributed by atoms with Crippen molar-refractivity contribution in [3.8, 4) is 0 Å². The Balaban J connectivity index is 1.56. The molecule has 6 heteroatoms. The van der Waals surface area contributed by atoms with Gasteiger partial charge in [0.2, 0.25) is 5.79 Å². The highest BCUT2D eigenvalue weighted by Crippen LogP contribution is 2.72. The number of ether oxygens (including phenoxy) is 4. The van der Waals surface area contributed by atoms with Gasteiger partial charge in [0.1, 0.15) is 5.76 Å². The summed E-state index contributed by atoms with van der Waals surface area (Å²) in [5.74, 6) is 1.37. The lowest BCUT2D eigenvalue weighted by Crippen LogP contribution is -2.79. The molecule has 3 heterocycles. The number of piperidine rings is 1. The van der Waals surface area contributed by atoms with Crippen molar-refractivity contribution in [2.45, 2.75) is 81.7 Å². The molecule has 0 amide bonds. The van der Waals surface area contributed by atoms with Crippen LogP contribution >= 0.6 is 0 Å². The summed E-state index contributed by atoms with van der Waals surface area (Å²) in [5, 5.41) is 12.4. The van der Waals surface area contributed by atoms with Crippen LogP contribution in [-0.2, 0) is 18.9 Å². The average Bonchev–Trinajstić information content (AvgIpc) is 3.03. The lowest BCUT2D eigenvalue weighted by molar-refractivity contribution is -0.397. The van der Waals surface area contributed by atoms with Gasteiger partial charge in [-0.15, -0.1) is 0 Å². The Bertz CT molecular complexity index is 784. The molecule has 0 aromatic carbocycles. The van der Waals surface area contributed by atoms with Gasteiger partial charge in [0.15, 0.2) is 11.9 Å². The second kappa shape index (κ2) is 5.78. The van der Waals surface area contributed by atoms with E-state index in [9.17, 15) is 5.11 Å². The van der Waals surface area contributed by atoms with Gasteiger partial charge in [-0.1, -0.05) is 6.08 Å². The van der Waals surface area contributed by atoms with Crippen molar-refractivity contribution in [2.75, 3.05) is 20.7 Å². The van der Waals surface area contributed by atoms with Crippen molar-refractivity contribution >= 4 is 0 Å². The van der Waals surface area contributed by atoms with E-state index >= 15 is 0 Å². The van der Waals surface area contributed by atoms with E-state index in [-0.39, 0.29) is 30.3 Å². The predicted molar refractivity (Wildman–Crippen MR) is 106 cm³/mol. The van der Waals surface area contributed by atoms with Crippen LogP contribution in [0.1, 0.15) is 46.0 Å². The number of allylic oxidation sites excluding steroid dienone is 3. The third-order valence-electron chi connectivity index (χ3n) is 8.92. The van der Waals surface area contributed by atoms with Crippen molar-refractivity contribution in [1.29, 1.82) is 0 Å². The number of hydrogen-bond acceptors (Lipinski definition) is 6. The standard InChI is InChI=1S/C23H33NO5/c1-13-11-14(2)29-23(28-13)8-7-22(25)17-12-15-5-6-16(26-4)19-18(15)21(22,20(23)27-19)9-10-24(17)3/h5-6,13-15,17-18,20,25H,7-12H2,1-4H3/t13-,14+,15?,17-,18?,20-,21+,22?,23+/m1/s1. The molecule has 29 heavy (non-hydrogen) atoms. The Morgan fingerprint density at radius 2 is 1.90 bits per heavy atom. The summed E-state index contributed by atoms with van der Waals surface area (Å²) in [6.45, 7) is 5.21. The van der Waals surface area contributed by atoms with Crippen LogP contribution in [0.15, 0.2) is 23.7 Å². The van der Waals surface area contributed by atoms with Gasteiger partial charge in [-0.3, -0.25) is 0 Å². The molecule has 3 aliphatic carbocycles. The van der Waals surface area contributed by atoms with Crippen LogP contribution < -0.4 is 0 Å². The molecule has 1 N–H and O–H groups in total. The molecule has 0 radical (unpaired) electrons. The number of methoxy groups -OCH3 is 1. The minimum absolute atomic E-state index is 0.114. The maximum atomic E-state index is 12.4. The number of nitrogens with zero attached hydrogens (tertiary/aromatic N) is 1. The van der Waals surface area contributed by atoms with Gasteiger partial charge in [0.25, 0.3) is 0 Å². The van der Waals surface area contributed by atoms with E-state index < -0.39 is 16.8 Å². The first kappa shape index (κ1) is 18.7. The third kappa shape index (κ3) is 2.07. The topological polar surface area (TPSA) is 60.4 Å². The zero-order valence-electron chi connectivity index (χ0n) is 17.9. The predicted octanol–water partition coefficient (Wildman–Crippen LogP) is 2.57. The number of aliphatic hydroxyl groups is 1. The molecule has 3 saturated heterocycles. The normalized spacial score (nSPS) is 55.6. The highest BCUT2D eigenvalue weighted by atomic mass is 16.7. The van der Waals surface area contributed by atoms with Crippen LogP contribution in [0.4, 0.5) is 0 Å². The second-order valence-corrected chi connectivity index (χ2v) is 10.3. The quantitative estimate of drug-likeness (QED) is 0.726. The Labute approximate surface area is 172 Å². The second-order valence-electron chi connectivity index (χ2n) is 10.3. The summed E-state index contributed by atoms with van der Waals surface area (Å²) >= 11 is 0. The van der Waals surface area contributed by atoms with E-state index in [1.54, 1.807) is 7.11 Å². The number of hydrogen-bond donors (Lipinski definition) is 1. The Morgan fingerprint density at radius 1 is 1.14 bits per heavy atom. The number of rotatable bonds is 1. The zero-order chi connectivity index (χ0) is 20.2. The lowest BCUT2D eigenvalue weighted by Gasteiger charge is -2.68. The van der Waals surface area contributed by atoms with E-state index in [4.69, 9.17) is 18.9 Å². The van der Waals surface area contributed by atoms with Crippen LogP contribution in [0.3, 0.4) is 0 Å². The summed E-state index contributed by atoms with van der Waals surface area (Å²) in [6, 6.07) is 0.132. The van der Waals surface area contributed by atoms with Crippen LogP contribution in [-0.4, -0.2) is 66.5 Å². The van der Waals surface area contributed by atoms with Crippen molar-refractivity contribution < 1.29 is 24.1 Å². The van der Waals surface area contributed by atoms with Gasteiger partial charge < -0.3 is 29.0 Å². The Hall–Kier alpha value is -1.08. The van der Waals surface area contributed by atoms with Crippen molar-refractivity contribution in [1.82, 2.24) is 4.90 Å². The van der Waals surface area contributed by atoms with Crippen LogP contribution in [0.5, 0.6) is 0 Å². The van der Waals surface area contributed by atoms with E-state index in [1.807, 2.05) is 0 Å². The molecule has 6 rings (SSSR count). The van der Waals surface area contributed by atoms with Gasteiger partial charge in [0, 0.05) is 18.4 Å². The molecule has 6 aliphatic rings. The Morgan fingerprint density at radius 3 is 2.62 bits per heavy atom. The fourth-order valence-electron chi connectivity index (χ4n) is 7.99. The first-order valence-electron chi connectivity index (χ1n) is 11.3. The van der Waals surface area contributed by atoms with E-state index in [2.05, 4.69) is 37.9 Å². The molecule has 160 valence electrons. The van der Waals surface area contributed by atoms with Gasteiger partial charge in [0.05, 0.1) is 30.3 Å². The minimum Gasteiger partial charge on any atom is -0.493 e. The molecular formula is C23H33NO5.